The van der Waals surface area contributed by atoms with Crippen LogP contribution in [-0.4, -0.2) is 67.2 Å². The third kappa shape index (κ3) is 3.23. The van der Waals surface area contributed by atoms with Gasteiger partial charge in [0, 0.05) is 24.5 Å². The van der Waals surface area contributed by atoms with E-state index in [2.05, 4.69) is 15.5 Å². The normalized spacial score (nSPS) is 26.2. The standard InChI is InChI=1S/C12H22N4O3/c1-16-5-9(12(7-16)2-3-12)15-10(18)4-14-11(19)8(13)6-17/h8-9,17H,2-7,13H2,1H3,(H,14,19)(H,15,18)/t8-,9+/m0/s1. The molecule has 1 heterocycles. The zero-order valence-corrected chi connectivity index (χ0v) is 11.2. The number of likely N-dealkylation sites (N-methyl/N-ethyl adjacent to an activating group) is 1. The molecule has 1 aliphatic heterocycles. The first-order valence-corrected chi connectivity index (χ1v) is 6.59. The van der Waals surface area contributed by atoms with Crippen LogP contribution in [0.3, 0.4) is 0 Å². The Bertz CT molecular complexity index is 370. The van der Waals surface area contributed by atoms with Crippen LogP contribution in [0.25, 0.3) is 0 Å². The lowest BCUT2D eigenvalue weighted by Crippen LogP contribution is -2.49. The number of rotatable bonds is 5. The smallest absolute Gasteiger partial charge is 0.239 e. The minimum absolute atomic E-state index is 0.0944. The maximum Gasteiger partial charge on any atom is 0.239 e. The summed E-state index contributed by atoms with van der Waals surface area (Å²) in [4.78, 5) is 25.3. The van der Waals surface area contributed by atoms with Crippen LogP contribution >= 0.6 is 0 Å². The Labute approximate surface area is 112 Å². The number of amides is 2. The molecule has 1 aliphatic carbocycles. The molecule has 0 bridgehead atoms. The molecule has 2 aliphatic rings. The summed E-state index contributed by atoms with van der Waals surface area (Å²) < 4.78 is 0. The molecule has 1 saturated heterocycles. The number of nitrogens with two attached hydrogens (primary N) is 1. The van der Waals surface area contributed by atoms with Crippen molar-refractivity contribution >= 4 is 11.8 Å². The van der Waals surface area contributed by atoms with Crippen molar-refractivity contribution in [1.29, 1.82) is 0 Å². The number of aliphatic hydroxyl groups is 1. The Hall–Kier alpha value is -1.18. The summed E-state index contributed by atoms with van der Waals surface area (Å²) in [5.74, 6) is -0.715. The number of hydrogen-bond donors (Lipinski definition) is 4. The van der Waals surface area contributed by atoms with Crippen LogP contribution in [0.2, 0.25) is 0 Å². The summed E-state index contributed by atoms with van der Waals surface area (Å²) in [5.41, 5.74) is 5.60. The van der Waals surface area contributed by atoms with Gasteiger partial charge in [-0.2, -0.15) is 0 Å². The highest BCUT2D eigenvalue weighted by Gasteiger charge is 2.54. The molecular formula is C12H22N4O3. The summed E-state index contributed by atoms with van der Waals surface area (Å²) >= 11 is 0. The van der Waals surface area contributed by atoms with Crippen molar-refractivity contribution in [2.24, 2.45) is 11.1 Å². The zero-order chi connectivity index (χ0) is 14.0. The Morgan fingerprint density at radius 3 is 2.79 bits per heavy atom. The quantitative estimate of drug-likeness (QED) is 0.447. The van der Waals surface area contributed by atoms with Gasteiger partial charge in [0.15, 0.2) is 0 Å². The van der Waals surface area contributed by atoms with Crippen LogP contribution in [0.15, 0.2) is 0 Å². The molecule has 2 fully saturated rings. The largest absolute Gasteiger partial charge is 0.394 e. The second-order valence-electron chi connectivity index (χ2n) is 5.69. The molecule has 1 spiro atoms. The summed E-state index contributed by atoms with van der Waals surface area (Å²) in [6.07, 6.45) is 2.31. The number of carbonyl (C=O) groups excluding carboxylic acids is 2. The number of nitrogens with one attached hydrogen (secondary N) is 2. The third-order valence-electron chi connectivity index (χ3n) is 4.00. The second-order valence-corrected chi connectivity index (χ2v) is 5.69. The third-order valence-corrected chi connectivity index (χ3v) is 4.00. The van der Waals surface area contributed by atoms with Gasteiger partial charge in [-0.25, -0.2) is 0 Å². The summed E-state index contributed by atoms with van der Waals surface area (Å²) in [5, 5.41) is 14.1. The van der Waals surface area contributed by atoms with E-state index in [1.165, 1.54) is 0 Å². The van der Waals surface area contributed by atoms with Gasteiger partial charge < -0.3 is 26.4 Å². The number of carbonyl (C=O) groups is 2. The van der Waals surface area contributed by atoms with Crippen LogP contribution in [0, 0.1) is 5.41 Å². The Balaban J connectivity index is 1.74. The van der Waals surface area contributed by atoms with Gasteiger partial charge in [0.25, 0.3) is 0 Å². The van der Waals surface area contributed by atoms with E-state index in [0.717, 1.165) is 25.9 Å². The number of likely N-dealkylation sites (tertiary alicyclic amines) is 1. The first-order chi connectivity index (χ1) is 8.97. The Morgan fingerprint density at radius 2 is 2.21 bits per heavy atom. The molecule has 7 heteroatoms. The van der Waals surface area contributed by atoms with Crippen LogP contribution in [0.5, 0.6) is 0 Å². The van der Waals surface area contributed by atoms with E-state index in [9.17, 15) is 9.59 Å². The molecule has 5 N–H and O–H groups in total. The van der Waals surface area contributed by atoms with Crippen LogP contribution in [-0.2, 0) is 9.59 Å². The van der Waals surface area contributed by atoms with Gasteiger partial charge in [-0.15, -0.1) is 0 Å². The maximum atomic E-state index is 11.8. The predicted octanol–water partition coefficient (Wildman–Crippen LogP) is -2.37. The summed E-state index contributed by atoms with van der Waals surface area (Å²) in [6, 6.07) is -0.798. The van der Waals surface area contributed by atoms with E-state index in [1.807, 2.05) is 7.05 Å². The minimum atomic E-state index is -0.972. The van der Waals surface area contributed by atoms with E-state index in [4.69, 9.17) is 10.8 Å². The molecule has 2 atom stereocenters. The fourth-order valence-electron chi connectivity index (χ4n) is 2.71. The van der Waals surface area contributed by atoms with Gasteiger partial charge in [0.05, 0.1) is 13.2 Å². The Kier molecular flexibility index (Phi) is 4.07. The first-order valence-electron chi connectivity index (χ1n) is 6.59. The highest BCUT2D eigenvalue weighted by Crippen LogP contribution is 2.52. The fourth-order valence-corrected chi connectivity index (χ4v) is 2.71. The van der Waals surface area contributed by atoms with Gasteiger partial charge in [0.2, 0.25) is 11.8 Å². The van der Waals surface area contributed by atoms with Crippen molar-refractivity contribution in [2.75, 3.05) is 33.3 Å². The van der Waals surface area contributed by atoms with Gasteiger partial charge in [0.1, 0.15) is 6.04 Å². The van der Waals surface area contributed by atoms with Crippen molar-refractivity contribution in [2.45, 2.75) is 24.9 Å². The monoisotopic (exact) mass is 270 g/mol. The van der Waals surface area contributed by atoms with Gasteiger partial charge in [-0.1, -0.05) is 0 Å². The number of aliphatic hydroxyl groups excluding tert-OH is 1. The molecule has 19 heavy (non-hydrogen) atoms. The molecular weight excluding hydrogens is 248 g/mol. The maximum absolute atomic E-state index is 11.8. The van der Waals surface area contributed by atoms with E-state index < -0.39 is 18.6 Å². The van der Waals surface area contributed by atoms with E-state index >= 15 is 0 Å². The number of hydrogen-bond acceptors (Lipinski definition) is 5. The molecule has 7 nitrogen and oxygen atoms in total. The molecule has 108 valence electrons. The van der Waals surface area contributed by atoms with Crippen LogP contribution < -0.4 is 16.4 Å². The first kappa shape index (κ1) is 14.2. The molecule has 2 amide bonds. The van der Waals surface area contributed by atoms with E-state index in [0.29, 0.717) is 0 Å². The zero-order valence-electron chi connectivity index (χ0n) is 11.2. The molecule has 2 rings (SSSR count). The average molecular weight is 270 g/mol. The topological polar surface area (TPSA) is 108 Å². The Morgan fingerprint density at radius 1 is 1.53 bits per heavy atom. The van der Waals surface area contributed by atoms with Crippen LogP contribution in [0.1, 0.15) is 12.8 Å². The molecule has 0 unspecified atom stereocenters. The highest BCUT2D eigenvalue weighted by molar-refractivity contribution is 5.87. The van der Waals surface area contributed by atoms with Crippen LogP contribution in [0.4, 0.5) is 0 Å². The van der Waals surface area contributed by atoms with Crippen molar-refractivity contribution < 1.29 is 14.7 Å². The molecule has 0 aromatic heterocycles. The summed E-state index contributed by atoms with van der Waals surface area (Å²) in [7, 11) is 2.05. The van der Waals surface area contributed by atoms with Crippen molar-refractivity contribution in [3.63, 3.8) is 0 Å². The van der Waals surface area contributed by atoms with Gasteiger partial charge in [-0.3, -0.25) is 9.59 Å². The minimum Gasteiger partial charge on any atom is -0.394 e. The molecule has 1 saturated carbocycles. The lowest BCUT2D eigenvalue weighted by molar-refractivity contribution is -0.127. The lowest BCUT2D eigenvalue weighted by atomic mass is 10.0. The highest BCUT2D eigenvalue weighted by atomic mass is 16.3. The summed E-state index contributed by atoms with van der Waals surface area (Å²) in [6.45, 7) is 1.36. The lowest BCUT2D eigenvalue weighted by Gasteiger charge is -2.19. The average Bonchev–Trinajstić information content (AvgIpc) is 3.07. The SMILES string of the molecule is CN1C[C@@H](NC(=O)CNC(=O)[C@@H](N)CO)C2(CC2)C1. The molecule has 0 radical (unpaired) electrons. The predicted molar refractivity (Wildman–Crippen MR) is 69.2 cm³/mol. The van der Waals surface area contributed by atoms with E-state index in [-0.39, 0.29) is 23.9 Å². The van der Waals surface area contributed by atoms with Gasteiger partial charge >= 0.3 is 0 Å². The van der Waals surface area contributed by atoms with Crippen molar-refractivity contribution in [1.82, 2.24) is 15.5 Å². The van der Waals surface area contributed by atoms with Crippen molar-refractivity contribution in [3.8, 4) is 0 Å². The fraction of sp³-hybridized carbons (Fsp3) is 0.833. The molecule has 0 aromatic rings. The second kappa shape index (κ2) is 5.44. The van der Waals surface area contributed by atoms with Gasteiger partial charge in [-0.05, 0) is 19.9 Å². The van der Waals surface area contributed by atoms with E-state index in [1.54, 1.807) is 0 Å². The number of nitrogens with zero attached hydrogens (tertiary/aromatic N) is 1. The van der Waals surface area contributed by atoms with Crippen molar-refractivity contribution in [3.05, 3.63) is 0 Å². The molecule has 0 aromatic carbocycles.